The summed E-state index contributed by atoms with van der Waals surface area (Å²) in [5.74, 6) is 0.304. The second-order valence-corrected chi connectivity index (χ2v) is 5.09. The third-order valence-electron chi connectivity index (χ3n) is 3.49. The maximum atomic E-state index is 11.9. The first-order chi connectivity index (χ1) is 10.6. The van der Waals surface area contributed by atoms with Gasteiger partial charge in [0, 0.05) is 25.8 Å². The number of nitrogens with zero attached hydrogens (tertiary/aromatic N) is 1. The number of carbonyl (C=O) groups excluding carboxylic acids is 2. The number of carbonyl (C=O) groups is 2. The van der Waals surface area contributed by atoms with E-state index >= 15 is 0 Å². The van der Waals surface area contributed by atoms with Crippen LogP contribution in [0.4, 0.5) is 11.4 Å². The minimum absolute atomic E-state index is 0.0536. The van der Waals surface area contributed by atoms with Crippen molar-refractivity contribution in [3.63, 3.8) is 0 Å². The van der Waals surface area contributed by atoms with E-state index in [-0.39, 0.29) is 18.4 Å². The second-order valence-electron chi connectivity index (χ2n) is 5.09. The molecule has 120 valence electrons. The van der Waals surface area contributed by atoms with E-state index in [0.29, 0.717) is 30.1 Å². The summed E-state index contributed by atoms with van der Waals surface area (Å²) in [6.07, 6.45) is 1.34. The molecule has 22 heavy (non-hydrogen) atoms. The van der Waals surface area contributed by atoms with Crippen molar-refractivity contribution in [3.05, 3.63) is 18.2 Å². The molecule has 1 atom stereocenters. The Balaban J connectivity index is 2.20. The summed E-state index contributed by atoms with van der Waals surface area (Å²) in [5.41, 5.74) is 6.91. The molecule has 2 rings (SSSR count). The standard InChI is InChI=1S/C15H21N3O4/c1-21-9-11(16)15(20)17-10-5-6-13(22-2)12(8-10)18-7-3-4-14(18)19/h5-6,8,11H,3-4,7,9,16H2,1-2H3,(H,17,20). The van der Waals surface area contributed by atoms with Crippen molar-refractivity contribution in [1.29, 1.82) is 0 Å². The van der Waals surface area contributed by atoms with Gasteiger partial charge in [0.05, 0.1) is 19.4 Å². The first kappa shape index (κ1) is 16.3. The molecule has 0 saturated carbocycles. The number of hydrogen-bond donors (Lipinski definition) is 2. The molecule has 0 aliphatic carbocycles. The first-order valence-corrected chi connectivity index (χ1v) is 7.10. The monoisotopic (exact) mass is 307 g/mol. The van der Waals surface area contributed by atoms with Crippen molar-refractivity contribution in [2.45, 2.75) is 18.9 Å². The third-order valence-corrected chi connectivity index (χ3v) is 3.49. The quantitative estimate of drug-likeness (QED) is 0.808. The number of hydrogen-bond acceptors (Lipinski definition) is 5. The molecule has 0 spiro atoms. The van der Waals surface area contributed by atoms with Gasteiger partial charge in [0.15, 0.2) is 0 Å². The van der Waals surface area contributed by atoms with Gasteiger partial charge in [0.1, 0.15) is 11.8 Å². The average Bonchev–Trinajstić information content (AvgIpc) is 2.93. The van der Waals surface area contributed by atoms with E-state index in [1.165, 1.54) is 7.11 Å². The smallest absolute Gasteiger partial charge is 0.243 e. The molecule has 1 unspecified atom stereocenters. The molecule has 3 N–H and O–H groups in total. The first-order valence-electron chi connectivity index (χ1n) is 7.10. The number of ether oxygens (including phenoxy) is 2. The Morgan fingerprint density at radius 3 is 2.82 bits per heavy atom. The van der Waals surface area contributed by atoms with E-state index in [0.717, 1.165) is 6.42 Å². The lowest BCUT2D eigenvalue weighted by Crippen LogP contribution is -2.39. The lowest BCUT2D eigenvalue weighted by Gasteiger charge is -2.20. The zero-order valence-corrected chi connectivity index (χ0v) is 12.8. The zero-order chi connectivity index (χ0) is 16.1. The van der Waals surface area contributed by atoms with Crippen LogP contribution >= 0.6 is 0 Å². The number of amides is 2. The van der Waals surface area contributed by atoms with Crippen molar-refractivity contribution in [2.75, 3.05) is 37.6 Å². The molecule has 1 fully saturated rings. The van der Waals surface area contributed by atoms with Crippen LogP contribution in [0.15, 0.2) is 18.2 Å². The van der Waals surface area contributed by atoms with Crippen molar-refractivity contribution >= 4 is 23.2 Å². The molecule has 1 saturated heterocycles. The summed E-state index contributed by atoms with van der Waals surface area (Å²) in [5, 5.41) is 2.72. The molecular weight excluding hydrogens is 286 g/mol. The van der Waals surface area contributed by atoms with Gasteiger partial charge >= 0.3 is 0 Å². The number of anilines is 2. The van der Waals surface area contributed by atoms with Gasteiger partial charge in [-0.1, -0.05) is 0 Å². The Morgan fingerprint density at radius 2 is 2.23 bits per heavy atom. The number of methoxy groups -OCH3 is 2. The second kappa shape index (κ2) is 7.24. The highest BCUT2D eigenvalue weighted by molar-refractivity contribution is 5.99. The number of benzene rings is 1. The highest BCUT2D eigenvalue weighted by atomic mass is 16.5. The molecule has 0 aromatic heterocycles. The molecule has 0 radical (unpaired) electrons. The predicted molar refractivity (Wildman–Crippen MR) is 83.1 cm³/mol. The summed E-state index contributed by atoms with van der Waals surface area (Å²) < 4.78 is 10.2. The van der Waals surface area contributed by atoms with Gasteiger partial charge in [-0.15, -0.1) is 0 Å². The number of nitrogens with one attached hydrogen (secondary N) is 1. The van der Waals surface area contributed by atoms with Gasteiger partial charge in [-0.3, -0.25) is 9.59 Å². The largest absolute Gasteiger partial charge is 0.495 e. The Labute approximate surface area is 129 Å². The van der Waals surface area contributed by atoms with Gasteiger partial charge < -0.3 is 25.4 Å². The maximum absolute atomic E-state index is 11.9. The summed E-state index contributed by atoms with van der Waals surface area (Å²) in [6, 6.07) is 4.40. The van der Waals surface area contributed by atoms with Gasteiger partial charge in [-0.05, 0) is 24.6 Å². The molecule has 7 heteroatoms. The van der Waals surface area contributed by atoms with Gasteiger partial charge in [0.25, 0.3) is 0 Å². The van der Waals surface area contributed by atoms with Crippen molar-refractivity contribution in [2.24, 2.45) is 5.73 Å². The van der Waals surface area contributed by atoms with E-state index in [1.54, 1.807) is 30.2 Å². The Morgan fingerprint density at radius 1 is 1.45 bits per heavy atom. The Bertz CT molecular complexity index is 562. The predicted octanol–water partition coefficient (Wildman–Crippen LogP) is 0.734. The summed E-state index contributed by atoms with van der Waals surface area (Å²) >= 11 is 0. The minimum atomic E-state index is -0.746. The van der Waals surface area contributed by atoms with Crippen LogP contribution in [0.3, 0.4) is 0 Å². The Kier molecular flexibility index (Phi) is 5.35. The molecular formula is C15H21N3O4. The molecule has 2 amide bonds. The summed E-state index contributed by atoms with van der Waals surface area (Å²) in [6.45, 7) is 0.787. The molecule has 1 aliphatic heterocycles. The van der Waals surface area contributed by atoms with Crippen molar-refractivity contribution in [3.8, 4) is 5.75 Å². The lowest BCUT2D eigenvalue weighted by molar-refractivity contribution is -0.118. The fourth-order valence-corrected chi connectivity index (χ4v) is 2.37. The molecule has 1 aromatic carbocycles. The lowest BCUT2D eigenvalue weighted by atomic mass is 10.2. The SMILES string of the molecule is COCC(N)C(=O)Nc1ccc(OC)c(N2CCCC2=O)c1. The third kappa shape index (κ3) is 3.55. The molecule has 1 heterocycles. The topological polar surface area (TPSA) is 93.9 Å². The van der Waals surface area contributed by atoms with Crippen LogP contribution in [0.1, 0.15) is 12.8 Å². The van der Waals surface area contributed by atoms with E-state index < -0.39 is 6.04 Å². The maximum Gasteiger partial charge on any atom is 0.243 e. The highest BCUT2D eigenvalue weighted by Crippen LogP contribution is 2.33. The van der Waals surface area contributed by atoms with Gasteiger partial charge in [0.2, 0.25) is 11.8 Å². The summed E-state index contributed by atoms with van der Waals surface area (Å²) in [7, 11) is 3.03. The fraction of sp³-hybridized carbons (Fsp3) is 0.467. The van der Waals surface area contributed by atoms with Crippen LogP contribution < -0.4 is 20.7 Å². The van der Waals surface area contributed by atoms with E-state index in [1.807, 2.05) is 0 Å². The average molecular weight is 307 g/mol. The van der Waals surface area contributed by atoms with Crippen molar-refractivity contribution in [1.82, 2.24) is 0 Å². The van der Waals surface area contributed by atoms with Gasteiger partial charge in [-0.25, -0.2) is 0 Å². The molecule has 7 nitrogen and oxygen atoms in total. The van der Waals surface area contributed by atoms with Gasteiger partial charge in [-0.2, -0.15) is 0 Å². The van der Waals surface area contributed by atoms with Crippen LogP contribution in [0.5, 0.6) is 5.75 Å². The van der Waals surface area contributed by atoms with Crippen LogP contribution in [0.2, 0.25) is 0 Å². The van der Waals surface area contributed by atoms with Crippen LogP contribution in [0, 0.1) is 0 Å². The van der Waals surface area contributed by atoms with Crippen LogP contribution in [-0.2, 0) is 14.3 Å². The summed E-state index contributed by atoms with van der Waals surface area (Å²) in [4.78, 5) is 25.5. The highest BCUT2D eigenvalue weighted by Gasteiger charge is 2.25. The number of nitrogens with two attached hydrogens (primary N) is 1. The zero-order valence-electron chi connectivity index (χ0n) is 12.8. The molecule has 1 aliphatic rings. The molecule has 1 aromatic rings. The molecule has 0 bridgehead atoms. The van der Waals surface area contributed by atoms with E-state index in [9.17, 15) is 9.59 Å². The van der Waals surface area contributed by atoms with Crippen LogP contribution in [0.25, 0.3) is 0 Å². The minimum Gasteiger partial charge on any atom is -0.495 e. The normalized spacial score (nSPS) is 15.8. The van der Waals surface area contributed by atoms with E-state index in [4.69, 9.17) is 15.2 Å². The Hall–Kier alpha value is -2.12. The fourth-order valence-electron chi connectivity index (χ4n) is 2.37. The van der Waals surface area contributed by atoms with E-state index in [2.05, 4.69) is 5.32 Å². The van der Waals surface area contributed by atoms with Crippen molar-refractivity contribution < 1.29 is 19.1 Å². The number of rotatable bonds is 6. The van der Waals surface area contributed by atoms with Crippen LogP contribution in [-0.4, -0.2) is 45.2 Å².